The van der Waals surface area contributed by atoms with Gasteiger partial charge < -0.3 is 15.1 Å². The van der Waals surface area contributed by atoms with Gasteiger partial charge >= 0.3 is 0 Å². The molecule has 3 rings (SSSR count). The van der Waals surface area contributed by atoms with Crippen molar-refractivity contribution in [3.63, 3.8) is 0 Å². The Hall–Kier alpha value is -1.66. The predicted octanol–water partition coefficient (Wildman–Crippen LogP) is 2.33. The molecule has 2 heterocycles. The molecule has 0 bridgehead atoms. The molecular formula is C21H33FN4O. The molecule has 1 N–H and O–H groups in total. The highest BCUT2D eigenvalue weighted by Gasteiger charge is 2.32. The Morgan fingerprint density at radius 3 is 2.41 bits per heavy atom. The summed E-state index contributed by atoms with van der Waals surface area (Å²) in [4.78, 5) is 19.9. The first kappa shape index (κ1) is 20.1. The van der Waals surface area contributed by atoms with E-state index in [2.05, 4.69) is 33.9 Å². The lowest BCUT2D eigenvalue weighted by Gasteiger charge is -2.42. The Kier molecular flexibility index (Phi) is 7.07. The summed E-state index contributed by atoms with van der Waals surface area (Å²) in [5.41, 5.74) is 1.05. The van der Waals surface area contributed by atoms with Gasteiger partial charge in [0.05, 0.1) is 6.04 Å². The molecule has 0 saturated carbocycles. The van der Waals surface area contributed by atoms with E-state index in [0.29, 0.717) is 6.04 Å². The Bertz CT molecular complexity index is 595. The molecule has 1 unspecified atom stereocenters. The molecule has 0 aliphatic carbocycles. The molecule has 1 amide bonds. The van der Waals surface area contributed by atoms with Crippen molar-refractivity contribution >= 4 is 11.6 Å². The van der Waals surface area contributed by atoms with Crippen LogP contribution in [0.3, 0.4) is 0 Å². The number of piperazine rings is 1. The fraction of sp³-hybridized carbons (Fsp3) is 0.667. The average molecular weight is 377 g/mol. The van der Waals surface area contributed by atoms with E-state index in [4.69, 9.17) is 0 Å². The minimum Gasteiger partial charge on any atom is -0.369 e. The first-order valence-electron chi connectivity index (χ1n) is 10.4. The van der Waals surface area contributed by atoms with Gasteiger partial charge in [0.25, 0.3) is 0 Å². The summed E-state index contributed by atoms with van der Waals surface area (Å²) in [6.07, 6.45) is 3.11. The van der Waals surface area contributed by atoms with Crippen molar-refractivity contribution < 1.29 is 9.18 Å². The molecule has 2 fully saturated rings. The van der Waals surface area contributed by atoms with Gasteiger partial charge in [0.2, 0.25) is 5.91 Å². The smallest absolute Gasteiger partial charge is 0.239 e. The molecule has 0 radical (unpaired) electrons. The van der Waals surface area contributed by atoms with Crippen LogP contribution in [0.2, 0.25) is 0 Å². The van der Waals surface area contributed by atoms with Crippen LogP contribution in [0.15, 0.2) is 24.3 Å². The maximum absolute atomic E-state index is 13.2. The maximum atomic E-state index is 13.2. The molecule has 2 aliphatic rings. The number of halogens is 1. The van der Waals surface area contributed by atoms with Gasteiger partial charge in [0.1, 0.15) is 5.82 Å². The van der Waals surface area contributed by atoms with Gasteiger partial charge in [-0.1, -0.05) is 6.92 Å². The number of amides is 1. The SMILES string of the molecule is CCCN(C(=O)C(C)N1CCN(c2ccc(F)cc2)CC1)C1CCNCC1. The highest BCUT2D eigenvalue weighted by Crippen LogP contribution is 2.20. The van der Waals surface area contributed by atoms with Crippen molar-refractivity contribution in [2.75, 3.05) is 50.7 Å². The third-order valence-corrected chi connectivity index (χ3v) is 5.91. The number of carbonyl (C=O) groups is 1. The number of nitrogens with one attached hydrogen (secondary N) is 1. The summed E-state index contributed by atoms with van der Waals surface area (Å²) in [7, 11) is 0. The van der Waals surface area contributed by atoms with E-state index >= 15 is 0 Å². The van der Waals surface area contributed by atoms with E-state index in [0.717, 1.165) is 70.8 Å². The van der Waals surface area contributed by atoms with Crippen LogP contribution in [0.1, 0.15) is 33.1 Å². The molecule has 1 atom stereocenters. The van der Waals surface area contributed by atoms with E-state index in [9.17, 15) is 9.18 Å². The van der Waals surface area contributed by atoms with Crippen LogP contribution in [0.4, 0.5) is 10.1 Å². The molecule has 2 aliphatic heterocycles. The van der Waals surface area contributed by atoms with E-state index in [1.807, 2.05) is 12.1 Å². The Morgan fingerprint density at radius 1 is 1.19 bits per heavy atom. The zero-order valence-corrected chi connectivity index (χ0v) is 16.7. The summed E-state index contributed by atoms with van der Waals surface area (Å²) in [5.74, 6) is 0.0736. The third kappa shape index (κ3) is 4.99. The van der Waals surface area contributed by atoms with E-state index in [1.54, 1.807) is 0 Å². The molecule has 150 valence electrons. The highest BCUT2D eigenvalue weighted by molar-refractivity contribution is 5.82. The largest absolute Gasteiger partial charge is 0.369 e. The molecular weight excluding hydrogens is 343 g/mol. The van der Waals surface area contributed by atoms with Gasteiger partial charge in [0.15, 0.2) is 0 Å². The second-order valence-corrected chi connectivity index (χ2v) is 7.69. The van der Waals surface area contributed by atoms with Crippen molar-refractivity contribution in [1.82, 2.24) is 15.1 Å². The number of carbonyl (C=O) groups excluding carboxylic acids is 1. The molecule has 0 spiro atoms. The highest BCUT2D eigenvalue weighted by atomic mass is 19.1. The van der Waals surface area contributed by atoms with Gasteiger partial charge in [0, 0.05) is 44.5 Å². The zero-order chi connectivity index (χ0) is 19.2. The summed E-state index contributed by atoms with van der Waals surface area (Å²) < 4.78 is 13.1. The zero-order valence-electron chi connectivity index (χ0n) is 16.7. The number of hydrogen-bond donors (Lipinski definition) is 1. The Balaban J connectivity index is 1.57. The van der Waals surface area contributed by atoms with Gasteiger partial charge in [-0.25, -0.2) is 4.39 Å². The third-order valence-electron chi connectivity index (χ3n) is 5.91. The topological polar surface area (TPSA) is 38.8 Å². The number of piperidine rings is 1. The van der Waals surface area contributed by atoms with Crippen LogP contribution in [-0.4, -0.2) is 73.6 Å². The lowest BCUT2D eigenvalue weighted by atomic mass is 10.0. The maximum Gasteiger partial charge on any atom is 0.239 e. The first-order valence-corrected chi connectivity index (χ1v) is 10.4. The first-order chi connectivity index (χ1) is 13.1. The molecule has 2 saturated heterocycles. The molecule has 0 aromatic heterocycles. The number of hydrogen-bond acceptors (Lipinski definition) is 4. The van der Waals surface area contributed by atoms with Crippen LogP contribution in [0.5, 0.6) is 0 Å². The molecule has 5 nitrogen and oxygen atoms in total. The van der Waals surface area contributed by atoms with Gasteiger partial charge in [-0.05, 0) is 63.5 Å². The second-order valence-electron chi connectivity index (χ2n) is 7.69. The van der Waals surface area contributed by atoms with Gasteiger partial charge in [-0.3, -0.25) is 9.69 Å². The summed E-state index contributed by atoms with van der Waals surface area (Å²) in [6.45, 7) is 10.5. The predicted molar refractivity (Wildman–Crippen MR) is 108 cm³/mol. The van der Waals surface area contributed by atoms with Crippen molar-refractivity contribution in [3.8, 4) is 0 Å². The van der Waals surface area contributed by atoms with Crippen molar-refractivity contribution in [2.24, 2.45) is 0 Å². The summed E-state index contributed by atoms with van der Waals surface area (Å²) >= 11 is 0. The molecule has 1 aromatic carbocycles. The molecule has 27 heavy (non-hydrogen) atoms. The minimum atomic E-state index is -0.203. The van der Waals surface area contributed by atoms with Crippen LogP contribution in [0.25, 0.3) is 0 Å². The van der Waals surface area contributed by atoms with Crippen molar-refractivity contribution in [1.29, 1.82) is 0 Å². The fourth-order valence-electron chi connectivity index (χ4n) is 4.25. The van der Waals surface area contributed by atoms with E-state index < -0.39 is 0 Å². The lowest BCUT2D eigenvalue weighted by molar-refractivity contribution is -0.139. The van der Waals surface area contributed by atoms with Gasteiger partial charge in [-0.15, -0.1) is 0 Å². The Morgan fingerprint density at radius 2 is 1.81 bits per heavy atom. The monoisotopic (exact) mass is 376 g/mol. The molecule has 6 heteroatoms. The average Bonchev–Trinajstić information content (AvgIpc) is 2.72. The normalized spacial score (nSPS) is 20.5. The van der Waals surface area contributed by atoms with E-state index in [1.165, 1.54) is 12.1 Å². The lowest BCUT2D eigenvalue weighted by Crippen LogP contribution is -2.57. The van der Waals surface area contributed by atoms with Crippen molar-refractivity contribution in [2.45, 2.75) is 45.2 Å². The fourth-order valence-corrected chi connectivity index (χ4v) is 4.25. The second kappa shape index (κ2) is 9.51. The molecule has 1 aromatic rings. The Labute approximate surface area is 162 Å². The number of rotatable bonds is 6. The summed E-state index contributed by atoms with van der Waals surface area (Å²) in [6, 6.07) is 6.98. The van der Waals surface area contributed by atoms with Crippen molar-refractivity contribution in [3.05, 3.63) is 30.1 Å². The van der Waals surface area contributed by atoms with Gasteiger partial charge in [-0.2, -0.15) is 0 Å². The van der Waals surface area contributed by atoms with Crippen LogP contribution >= 0.6 is 0 Å². The van der Waals surface area contributed by atoms with E-state index in [-0.39, 0.29) is 17.8 Å². The van der Waals surface area contributed by atoms with Crippen LogP contribution in [-0.2, 0) is 4.79 Å². The minimum absolute atomic E-state index is 0.0817. The van der Waals surface area contributed by atoms with Crippen LogP contribution < -0.4 is 10.2 Å². The number of anilines is 1. The number of benzene rings is 1. The summed E-state index contributed by atoms with van der Waals surface area (Å²) in [5, 5.41) is 3.39. The number of nitrogens with zero attached hydrogens (tertiary/aromatic N) is 3. The van der Waals surface area contributed by atoms with Crippen LogP contribution in [0, 0.1) is 5.82 Å². The standard InChI is InChI=1S/C21H33FN4O/c1-3-12-26(20-8-10-23-11-9-20)21(27)17(2)24-13-15-25(16-14-24)19-6-4-18(22)5-7-19/h4-7,17,20,23H,3,8-16H2,1-2H3. The quantitative estimate of drug-likeness (QED) is 0.827.